The molecular weight excluding hydrogens is 300 g/mol. The van der Waals surface area contributed by atoms with Crippen molar-refractivity contribution < 1.29 is 4.79 Å². The van der Waals surface area contributed by atoms with Crippen molar-refractivity contribution in [2.24, 2.45) is 0 Å². The van der Waals surface area contributed by atoms with Crippen LogP contribution in [0.3, 0.4) is 0 Å². The summed E-state index contributed by atoms with van der Waals surface area (Å²) >= 11 is 0. The summed E-state index contributed by atoms with van der Waals surface area (Å²) < 4.78 is 1.77. The molecule has 0 spiro atoms. The Labute approximate surface area is 141 Å². The fraction of sp³-hybridized carbons (Fsp3) is 0.211. The number of pyridine rings is 1. The third-order valence-electron chi connectivity index (χ3n) is 3.78. The van der Waals surface area contributed by atoms with E-state index in [4.69, 9.17) is 0 Å². The minimum Gasteiger partial charge on any atom is -0.339 e. The van der Waals surface area contributed by atoms with Crippen LogP contribution in [-0.4, -0.2) is 20.7 Å². The monoisotopic (exact) mass is 320 g/mol. The molecule has 0 aliphatic rings. The van der Waals surface area contributed by atoms with Gasteiger partial charge in [0.05, 0.1) is 23.5 Å². The summed E-state index contributed by atoms with van der Waals surface area (Å²) in [6, 6.07) is 15.4. The molecule has 3 aromatic rings. The van der Waals surface area contributed by atoms with E-state index in [-0.39, 0.29) is 18.0 Å². The molecule has 1 aromatic carbocycles. The molecule has 2 aromatic heterocycles. The Morgan fingerprint density at radius 2 is 1.83 bits per heavy atom. The number of amides is 1. The van der Waals surface area contributed by atoms with Crippen LogP contribution in [0, 0.1) is 0 Å². The Morgan fingerprint density at radius 3 is 2.46 bits per heavy atom. The van der Waals surface area contributed by atoms with Crippen LogP contribution in [0.4, 0.5) is 0 Å². The van der Waals surface area contributed by atoms with Crippen LogP contribution in [0.2, 0.25) is 0 Å². The normalized spacial score (nSPS) is 12.1. The van der Waals surface area contributed by atoms with Gasteiger partial charge in [-0.2, -0.15) is 5.10 Å². The van der Waals surface area contributed by atoms with Gasteiger partial charge < -0.3 is 5.32 Å². The van der Waals surface area contributed by atoms with E-state index in [0.717, 1.165) is 11.3 Å². The molecule has 2 heterocycles. The van der Waals surface area contributed by atoms with Gasteiger partial charge in [0.2, 0.25) is 0 Å². The first-order chi connectivity index (χ1) is 11.6. The lowest BCUT2D eigenvalue weighted by atomic mass is 10.0. The second-order valence-electron chi connectivity index (χ2n) is 5.87. The van der Waals surface area contributed by atoms with Crippen LogP contribution in [0.1, 0.15) is 47.5 Å². The van der Waals surface area contributed by atoms with E-state index in [0.29, 0.717) is 5.56 Å². The van der Waals surface area contributed by atoms with Crippen LogP contribution < -0.4 is 5.32 Å². The highest BCUT2D eigenvalue weighted by Gasteiger charge is 2.19. The number of hydrogen-bond donors (Lipinski definition) is 1. The molecule has 0 aliphatic carbocycles. The average Bonchev–Trinajstić information content (AvgIpc) is 3.11. The van der Waals surface area contributed by atoms with Gasteiger partial charge in [-0.15, -0.1) is 0 Å². The molecule has 0 unspecified atom stereocenters. The lowest BCUT2D eigenvalue weighted by Crippen LogP contribution is -2.29. The molecule has 1 N–H and O–H groups in total. The average molecular weight is 320 g/mol. The Hall–Kier alpha value is -2.95. The molecule has 5 heteroatoms. The quantitative estimate of drug-likeness (QED) is 0.784. The molecule has 24 heavy (non-hydrogen) atoms. The number of nitrogens with one attached hydrogen (secondary N) is 1. The molecule has 3 rings (SSSR count). The van der Waals surface area contributed by atoms with Gasteiger partial charge in [0.25, 0.3) is 5.91 Å². The maximum absolute atomic E-state index is 12.6. The van der Waals surface area contributed by atoms with Crippen molar-refractivity contribution in [3.8, 4) is 0 Å². The predicted octanol–water partition coefficient (Wildman–Crippen LogP) is 3.38. The SMILES string of the molecule is CC(C)n1cc(C(=O)N[C@H](c2ccccc2)c2ccccn2)cn1. The Kier molecular flexibility index (Phi) is 4.70. The van der Waals surface area contributed by atoms with E-state index in [1.165, 1.54) is 0 Å². The summed E-state index contributed by atoms with van der Waals surface area (Å²) in [5.41, 5.74) is 2.33. The number of rotatable bonds is 5. The van der Waals surface area contributed by atoms with Crippen molar-refractivity contribution in [2.45, 2.75) is 25.9 Å². The lowest BCUT2D eigenvalue weighted by molar-refractivity contribution is 0.0942. The Bertz CT molecular complexity index is 757. The maximum atomic E-state index is 12.6. The van der Waals surface area contributed by atoms with Crippen LogP contribution >= 0.6 is 0 Å². The zero-order chi connectivity index (χ0) is 16.9. The van der Waals surface area contributed by atoms with Crippen LogP contribution in [0.5, 0.6) is 0 Å². The number of hydrogen-bond acceptors (Lipinski definition) is 3. The second kappa shape index (κ2) is 7.08. The second-order valence-corrected chi connectivity index (χ2v) is 5.87. The maximum Gasteiger partial charge on any atom is 0.255 e. The number of nitrogens with zero attached hydrogens (tertiary/aromatic N) is 3. The molecule has 0 saturated carbocycles. The highest BCUT2D eigenvalue weighted by Crippen LogP contribution is 2.20. The minimum atomic E-state index is -0.303. The van der Waals surface area contributed by atoms with E-state index in [1.807, 2.05) is 62.4 Å². The van der Waals surface area contributed by atoms with Crippen LogP contribution in [-0.2, 0) is 0 Å². The molecule has 1 amide bonds. The highest BCUT2D eigenvalue weighted by atomic mass is 16.1. The first-order valence-corrected chi connectivity index (χ1v) is 7.96. The fourth-order valence-corrected chi connectivity index (χ4v) is 2.47. The highest BCUT2D eigenvalue weighted by molar-refractivity contribution is 5.94. The van der Waals surface area contributed by atoms with Crippen molar-refractivity contribution in [1.82, 2.24) is 20.1 Å². The standard InChI is InChI=1S/C19H20N4O/c1-14(2)23-13-16(12-21-23)19(24)22-18(15-8-4-3-5-9-15)17-10-6-7-11-20-17/h3-14,18H,1-2H3,(H,22,24)/t18-/m1/s1. The smallest absolute Gasteiger partial charge is 0.255 e. The van der Waals surface area contributed by atoms with Crippen LogP contribution in [0.25, 0.3) is 0 Å². The summed E-state index contributed by atoms with van der Waals surface area (Å²) in [5.74, 6) is -0.165. The molecule has 0 radical (unpaired) electrons. The molecule has 0 fully saturated rings. The fourth-order valence-electron chi connectivity index (χ4n) is 2.47. The molecule has 5 nitrogen and oxygen atoms in total. The van der Waals surface area contributed by atoms with Gasteiger partial charge in [0.1, 0.15) is 0 Å². The third kappa shape index (κ3) is 3.51. The molecular formula is C19H20N4O. The van der Waals surface area contributed by atoms with Crippen molar-refractivity contribution in [3.63, 3.8) is 0 Å². The summed E-state index contributed by atoms with van der Waals surface area (Å²) in [6.07, 6.45) is 5.09. The van der Waals surface area contributed by atoms with Gasteiger partial charge in [-0.1, -0.05) is 36.4 Å². The Balaban J connectivity index is 1.88. The van der Waals surface area contributed by atoms with Crippen molar-refractivity contribution >= 4 is 5.91 Å². The summed E-state index contributed by atoms with van der Waals surface area (Å²) in [5, 5.41) is 7.29. The topological polar surface area (TPSA) is 59.8 Å². The van der Waals surface area contributed by atoms with Gasteiger partial charge in [0, 0.05) is 18.4 Å². The van der Waals surface area contributed by atoms with Gasteiger partial charge >= 0.3 is 0 Å². The number of carbonyl (C=O) groups excluding carboxylic acids is 1. The summed E-state index contributed by atoms with van der Waals surface area (Å²) in [7, 11) is 0. The molecule has 1 atom stereocenters. The number of aromatic nitrogens is 3. The summed E-state index contributed by atoms with van der Waals surface area (Å²) in [6.45, 7) is 4.05. The largest absolute Gasteiger partial charge is 0.339 e. The van der Waals surface area contributed by atoms with Crippen molar-refractivity contribution in [1.29, 1.82) is 0 Å². The predicted molar refractivity (Wildman–Crippen MR) is 92.6 cm³/mol. The zero-order valence-corrected chi connectivity index (χ0v) is 13.8. The third-order valence-corrected chi connectivity index (χ3v) is 3.78. The van der Waals surface area contributed by atoms with E-state index < -0.39 is 0 Å². The first-order valence-electron chi connectivity index (χ1n) is 7.96. The van der Waals surface area contributed by atoms with Gasteiger partial charge in [-0.3, -0.25) is 14.5 Å². The molecule has 122 valence electrons. The van der Waals surface area contributed by atoms with Crippen molar-refractivity contribution in [3.05, 3.63) is 83.9 Å². The van der Waals surface area contributed by atoms with Gasteiger partial charge in [-0.05, 0) is 31.5 Å². The minimum absolute atomic E-state index is 0.165. The number of carbonyl (C=O) groups is 1. The molecule has 0 aliphatic heterocycles. The lowest BCUT2D eigenvalue weighted by Gasteiger charge is -2.18. The first kappa shape index (κ1) is 15.9. The summed E-state index contributed by atoms with van der Waals surface area (Å²) in [4.78, 5) is 17.0. The van der Waals surface area contributed by atoms with E-state index in [2.05, 4.69) is 15.4 Å². The number of benzene rings is 1. The van der Waals surface area contributed by atoms with Gasteiger partial charge in [0.15, 0.2) is 0 Å². The molecule has 0 saturated heterocycles. The zero-order valence-electron chi connectivity index (χ0n) is 13.8. The van der Waals surface area contributed by atoms with Gasteiger partial charge in [-0.25, -0.2) is 0 Å². The van der Waals surface area contributed by atoms with Crippen molar-refractivity contribution in [2.75, 3.05) is 0 Å². The van der Waals surface area contributed by atoms with E-state index in [9.17, 15) is 4.79 Å². The van der Waals surface area contributed by atoms with E-state index in [1.54, 1.807) is 23.3 Å². The molecule has 0 bridgehead atoms. The van der Waals surface area contributed by atoms with E-state index >= 15 is 0 Å². The van der Waals surface area contributed by atoms with Crippen LogP contribution in [0.15, 0.2) is 67.1 Å². The Morgan fingerprint density at radius 1 is 1.08 bits per heavy atom.